The molecule has 1 aromatic carbocycles. The Bertz CT molecular complexity index is 397. The maximum Gasteiger partial charge on any atom is 0.185 e. The smallest absolute Gasteiger partial charge is 0.185 e. The number of aliphatic imine (C=N–C) groups is 1. The van der Waals surface area contributed by atoms with Crippen molar-refractivity contribution in [3.63, 3.8) is 0 Å². The summed E-state index contributed by atoms with van der Waals surface area (Å²) in [4.78, 5) is 3.94. The van der Waals surface area contributed by atoms with Gasteiger partial charge in [-0.05, 0) is 29.5 Å². The predicted octanol–water partition coefficient (Wildman–Crippen LogP) is 1.74. The Morgan fingerprint density at radius 2 is 1.79 bits per heavy atom. The van der Waals surface area contributed by atoms with Gasteiger partial charge in [0.2, 0.25) is 0 Å². The minimum absolute atomic E-state index is 0.165. The number of hydrogen-bond donors (Lipinski definition) is 3. The largest absolute Gasteiger partial charge is 0.370 e. The van der Waals surface area contributed by atoms with E-state index in [0.717, 1.165) is 19.5 Å². The fourth-order valence-electron chi connectivity index (χ4n) is 1.77. The Morgan fingerprint density at radius 1 is 1.16 bits per heavy atom. The standard InChI is InChI=1S/C15H26N4/c1-15(2,3)13-7-5-12(6-8-13)11-18-9-4-10-19-14(16)17/h5-8,18H,4,9-11H2,1-3H3,(H4,16,17,19). The molecule has 0 atom stereocenters. The topological polar surface area (TPSA) is 76.4 Å². The highest BCUT2D eigenvalue weighted by Crippen LogP contribution is 2.22. The highest BCUT2D eigenvalue weighted by molar-refractivity contribution is 5.75. The highest BCUT2D eigenvalue weighted by atomic mass is 15.0. The van der Waals surface area contributed by atoms with Gasteiger partial charge in [-0.3, -0.25) is 4.99 Å². The molecule has 0 aromatic heterocycles. The lowest BCUT2D eigenvalue weighted by Gasteiger charge is -2.19. The fraction of sp³-hybridized carbons (Fsp3) is 0.533. The lowest BCUT2D eigenvalue weighted by Crippen LogP contribution is -2.23. The molecule has 0 saturated carbocycles. The van der Waals surface area contributed by atoms with Crippen molar-refractivity contribution in [3.05, 3.63) is 35.4 Å². The number of nitrogens with two attached hydrogens (primary N) is 2. The van der Waals surface area contributed by atoms with E-state index < -0.39 is 0 Å². The predicted molar refractivity (Wildman–Crippen MR) is 82.1 cm³/mol. The second-order valence-electron chi connectivity index (χ2n) is 5.78. The number of benzene rings is 1. The molecule has 106 valence electrons. The van der Waals surface area contributed by atoms with E-state index in [9.17, 15) is 0 Å². The van der Waals surface area contributed by atoms with Crippen molar-refractivity contribution in [1.29, 1.82) is 0 Å². The van der Waals surface area contributed by atoms with E-state index in [1.807, 2.05) is 0 Å². The van der Waals surface area contributed by atoms with Crippen LogP contribution in [0.2, 0.25) is 0 Å². The summed E-state index contributed by atoms with van der Waals surface area (Å²) in [5.41, 5.74) is 13.4. The van der Waals surface area contributed by atoms with Crippen LogP contribution in [0.15, 0.2) is 29.3 Å². The summed E-state index contributed by atoms with van der Waals surface area (Å²) < 4.78 is 0. The van der Waals surface area contributed by atoms with Crippen molar-refractivity contribution in [2.45, 2.75) is 39.2 Å². The van der Waals surface area contributed by atoms with Crippen LogP contribution in [-0.2, 0) is 12.0 Å². The van der Waals surface area contributed by atoms with Gasteiger partial charge in [-0.1, -0.05) is 45.0 Å². The molecule has 19 heavy (non-hydrogen) atoms. The van der Waals surface area contributed by atoms with E-state index in [1.54, 1.807) is 0 Å². The van der Waals surface area contributed by atoms with Gasteiger partial charge >= 0.3 is 0 Å². The number of hydrogen-bond acceptors (Lipinski definition) is 2. The molecule has 0 aliphatic rings. The van der Waals surface area contributed by atoms with Gasteiger partial charge in [-0.15, -0.1) is 0 Å². The molecule has 1 rings (SSSR count). The van der Waals surface area contributed by atoms with Gasteiger partial charge in [0.15, 0.2) is 5.96 Å². The molecule has 4 nitrogen and oxygen atoms in total. The molecule has 1 aromatic rings. The molecule has 0 radical (unpaired) electrons. The van der Waals surface area contributed by atoms with E-state index in [4.69, 9.17) is 11.5 Å². The zero-order valence-electron chi connectivity index (χ0n) is 12.2. The minimum Gasteiger partial charge on any atom is -0.370 e. The van der Waals surface area contributed by atoms with Crippen LogP contribution in [0.1, 0.15) is 38.3 Å². The maximum atomic E-state index is 5.25. The van der Waals surface area contributed by atoms with Crippen molar-refractivity contribution >= 4 is 5.96 Å². The lowest BCUT2D eigenvalue weighted by atomic mass is 9.87. The third-order valence-corrected chi connectivity index (χ3v) is 2.96. The summed E-state index contributed by atoms with van der Waals surface area (Å²) >= 11 is 0. The molecule has 0 aliphatic carbocycles. The van der Waals surface area contributed by atoms with Crippen LogP contribution in [0, 0.1) is 0 Å². The summed E-state index contributed by atoms with van der Waals surface area (Å²) in [5, 5.41) is 3.38. The summed E-state index contributed by atoms with van der Waals surface area (Å²) in [6.07, 6.45) is 0.942. The number of nitrogens with zero attached hydrogens (tertiary/aromatic N) is 1. The van der Waals surface area contributed by atoms with Crippen LogP contribution in [0.3, 0.4) is 0 Å². The fourth-order valence-corrected chi connectivity index (χ4v) is 1.77. The Morgan fingerprint density at radius 3 is 2.32 bits per heavy atom. The molecule has 0 amide bonds. The molecular formula is C15H26N4. The molecular weight excluding hydrogens is 236 g/mol. The first kappa shape index (κ1) is 15.5. The van der Waals surface area contributed by atoms with E-state index in [1.165, 1.54) is 11.1 Å². The van der Waals surface area contributed by atoms with Gasteiger partial charge in [0.1, 0.15) is 0 Å². The van der Waals surface area contributed by atoms with Gasteiger partial charge in [0, 0.05) is 13.1 Å². The van der Waals surface area contributed by atoms with Crippen molar-refractivity contribution in [2.24, 2.45) is 16.5 Å². The zero-order chi connectivity index (χ0) is 14.3. The van der Waals surface area contributed by atoms with Gasteiger partial charge in [0.05, 0.1) is 0 Å². The second-order valence-corrected chi connectivity index (χ2v) is 5.78. The van der Waals surface area contributed by atoms with E-state index >= 15 is 0 Å². The van der Waals surface area contributed by atoms with E-state index in [2.05, 4.69) is 55.3 Å². The number of rotatable bonds is 6. The van der Waals surface area contributed by atoms with E-state index in [-0.39, 0.29) is 11.4 Å². The molecule has 0 fully saturated rings. The highest BCUT2D eigenvalue weighted by Gasteiger charge is 2.12. The third kappa shape index (κ3) is 6.25. The van der Waals surface area contributed by atoms with Gasteiger partial charge in [-0.2, -0.15) is 0 Å². The molecule has 4 heteroatoms. The normalized spacial score (nSPS) is 11.3. The van der Waals surface area contributed by atoms with Crippen molar-refractivity contribution in [2.75, 3.05) is 13.1 Å². The number of nitrogens with one attached hydrogen (secondary N) is 1. The van der Waals surface area contributed by atoms with Gasteiger partial charge in [-0.25, -0.2) is 0 Å². The van der Waals surface area contributed by atoms with Crippen LogP contribution in [0.5, 0.6) is 0 Å². The van der Waals surface area contributed by atoms with Crippen molar-refractivity contribution < 1.29 is 0 Å². The molecule has 0 spiro atoms. The zero-order valence-corrected chi connectivity index (χ0v) is 12.2. The quantitative estimate of drug-likeness (QED) is 0.415. The SMILES string of the molecule is CC(C)(C)c1ccc(CNCCCN=C(N)N)cc1. The summed E-state index contributed by atoms with van der Waals surface area (Å²) in [6, 6.07) is 8.78. The summed E-state index contributed by atoms with van der Waals surface area (Å²) in [6.45, 7) is 9.15. The van der Waals surface area contributed by atoms with Crippen molar-refractivity contribution in [1.82, 2.24) is 5.32 Å². The lowest BCUT2D eigenvalue weighted by molar-refractivity contribution is 0.589. The maximum absolute atomic E-state index is 5.25. The molecule has 0 saturated heterocycles. The Hall–Kier alpha value is -1.55. The molecule has 0 heterocycles. The minimum atomic E-state index is 0.165. The molecule has 5 N–H and O–H groups in total. The van der Waals surface area contributed by atoms with Crippen LogP contribution in [-0.4, -0.2) is 19.0 Å². The first-order valence-electron chi connectivity index (χ1n) is 6.75. The average molecular weight is 262 g/mol. The Balaban J connectivity index is 2.29. The van der Waals surface area contributed by atoms with Crippen LogP contribution < -0.4 is 16.8 Å². The first-order chi connectivity index (χ1) is 8.89. The monoisotopic (exact) mass is 262 g/mol. The van der Waals surface area contributed by atoms with Crippen LogP contribution in [0.25, 0.3) is 0 Å². The van der Waals surface area contributed by atoms with Gasteiger partial charge in [0.25, 0.3) is 0 Å². The second kappa shape index (κ2) is 7.14. The number of guanidine groups is 1. The average Bonchev–Trinajstić information content (AvgIpc) is 2.32. The molecule has 0 unspecified atom stereocenters. The summed E-state index contributed by atoms with van der Waals surface area (Å²) in [7, 11) is 0. The van der Waals surface area contributed by atoms with Gasteiger partial charge < -0.3 is 16.8 Å². The summed E-state index contributed by atoms with van der Waals surface area (Å²) in [5.74, 6) is 0.165. The van der Waals surface area contributed by atoms with E-state index in [0.29, 0.717) is 6.54 Å². The molecule has 0 bridgehead atoms. The van der Waals surface area contributed by atoms with Crippen molar-refractivity contribution in [3.8, 4) is 0 Å². The van der Waals surface area contributed by atoms with Crippen LogP contribution >= 0.6 is 0 Å². The molecule has 0 aliphatic heterocycles. The Kier molecular flexibility index (Phi) is 5.83. The van der Waals surface area contributed by atoms with Crippen LogP contribution in [0.4, 0.5) is 0 Å². The first-order valence-corrected chi connectivity index (χ1v) is 6.75. The Labute approximate surface area is 116 Å². The third-order valence-electron chi connectivity index (χ3n) is 2.96.